The van der Waals surface area contributed by atoms with E-state index in [1.54, 1.807) is 6.92 Å². The minimum absolute atomic E-state index is 0. The summed E-state index contributed by atoms with van der Waals surface area (Å²) < 4.78 is 0. The molecule has 0 heterocycles. The molecule has 0 atom stereocenters. The van der Waals surface area contributed by atoms with Gasteiger partial charge in [-0.25, -0.2) is 0 Å². The van der Waals surface area contributed by atoms with Crippen LogP contribution >= 0.6 is 0 Å². The second kappa shape index (κ2) is 4.88. The Bertz CT molecular complexity index is 292. The zero-order chi connectivity index (χ0) is 8.43. The van der Waals surface area contributed by atoms with E-state index in [9.17, 15) is 4.79 Å². The van der Waals surface area contributed by atoms with Crippen LogP contribution in [0.25, 0.3) is 0 Å². The summed E-state index contributed by atoms with van der Waals surface area (Å²) >= 11 is 0. The molecular weight excluding hydrogens is 225 g/mol. The Morgan fingerprint density at radius 2 is 2.00 bits per heavy atom. The summed E-state index contributed by atoms with van der Waals surface area (Å²) in [5.41, 5.74) is 2.86. The van der Waals surface area contributed by atoms with E-state index in [1.165, 1.54) is 0 Å². The number of benzene rings is 1. The molecule has 1 rings (SSSR count). The van der Waals surface area contributed by atoms with Gasteiger partial charge in [-0.15, -0.1) is 34.9 Å². The van der Waals surface area contributed by atoms with Crippen molar-refractivity contribution in [1.29, 1.82) is 0 Å². The average Bonchev–Trinajstić information content (AvgIpc) is 1.85. The zero-order valence-corrected chi connectivity index (χ0v) is 10.5. The molecule has 0 fully saturated rings. The Balaban J connectivity index is 0.00000121. The first-order valence-corrected chi connectivity index (χ1v) is 3.61. The van der Waals surface area contributed by atoms with Gasteiger partial charge < -0.3 is 4.79 Å². The van der Waals surface area contributed by atoms with Crippen LogP contribution < -0.4 is 0 Å². The molecule has 0 saturated carbocycles. The summed E-state index contributed by atoms with van der Waals surface area (Å²) in [5, 5.41) is 0. The van der Waals surface area contributed by atoms with Crippen molar-refractivity contribution in [3.05, 3.63) is 34.9 Å². The van der Waals surface area contributed by atoms with Crippen LogP contribution in [0.5, 0.6) is 0 Å². The van der Waals surface area contributed by atoms with Gasteiger partial charge in [0.2, 0.25) is 0 Å². The molecule has 1 aromatic carbocycles. The van der Waals surface area contributed by atoms with Crippen molar-refractivity contribution in [2.24, 2.45) is 0 Å². The van der Waals surface area contributed by atoms with Crippen molar-refractivity contribution >= 4 is 5.78 Å². The second-order valence-corrected chi connectivity index (χ2v) is 2.79. The van der Waals surface area contributed by atoms with Crippen LogP contribution in [-0.2, 0) is 32.7 Å². The number of rotatable bonds is 1. The molecule has 0 unspecified atom stereocenters. The van der Waals surface area contributed by atoms with Crippen molar-refractivity contribution in [3.8, 4) is 0 Å². The van der Waals surface area contributed by atoms with Crippen LogP contribution in [0.15, 0.2) is 12.1 Å². The molecular formula is C10H11OY-. The van der Waals surface area contributed by atoms with Gasteiger partial charge >= 0.3 is 0 Å². The van der Waals surface area contributed by atoms with Crippen LogP contribution in [0.2, 0.25) is 0 Å². The number of hydrogen-bond acceptors (Lipinski definition) is 1. The molecule has 0 bridgehead atoms. The van der Waals surface area contributed by atoms with E-state index in [0.29, 0.717) is 5.56 Å². The van der Waals surface area contributed by atoms with Gasteiger partial charge in [-0.05, 0) is 6.92 Å². The largest absolute Gasteiger partial charge is 0.352 e. The Morgan fingerprint density at radius 1 is 1.42 bits per heavy atom. The molecule has 1 aromatic rings. The average molecular weight is 236 g/mol. The minimum Gasteiger partial charge on any atom is -0.352 e. The maximum atomic E-state index is 10.9. The van der Waals surface area contributed by atoms with Crippen molar-refractivity contribution in [2.75, 3.05) is 0 Å². The topological polar surface area (TPSA) is 17.1 Å². The molecule has 0 N–H and O–H groups in total. The molecule has 0 aliphatic rings. The fraction of sp³-hybridized carbons (Fsp3) is 0.300. The van der Waals surface area contributed by atoms with Gasteiger partial charge in [0.1, 0.15) is 0 Å². The fourth-order valence-electron chi connectivity index (χ4n) is 1.13. The van der Waals surface area contributed by atoms with Gasteiger partial charge in [0, 0.05) is 32.7 Å². The number of ketones is 1. The third-order valence-electron chi connectivity index (χ3n) is 1.63. The summed E-state index contributed by atoms with van der Waals surface area (Å²) in [6.45, 7) is 5.49. The molecule has 0 aliphatic carbocycles. The number of Topliss-reactive ketones (excluding diaryl/α,β-unsaturated/α-hetero) is 1. The summed E-state index contributed by atoms with van der Waals surface area (Å²) in [6, 6.07) is 6.79. The van der Waals surface area contributed by atoms with Crippen molar-refractivity contribution in [2.45, 2.75) is 20.8 Å². The predicted molar refractivity (Wildman–Crippen MR) is 44.8 cm³/mol. The second-order valence-electron chi connectivity index (χ2n) is 2.79. The van der Waals surface area contributed by atoms with Crippen molar-refractivity contribution < 1.29 is 37.5 Å². The molecule has 12 heavy (non-hydrogen) atoms. The van der Waals surface area contributed by atoms with E-state index in [1.807, 2.05) is 26.0 Å². The molecule has 0 amide bonds. The van der Waals surface area contributed by atoms with E-state index in [-0.39, 0.29) is 38.5 Å². The Kier molecular flexibility index (Phi) is 4.88. The summed E-state index contributed by atoms with van der Waals surface area (Å²) in [7, 11) is 0. The van der Waals surface area contributed by atoms with Crippen LogP contribution in [-0.4, -0.2) is 5.78 Å². The fourth-order valence-corrected chi connectivity index (χ4v) is 1.13. The monoisotopic (exact) mass is 236 g/mol. The van der Waals surface area contributed by atoms with Crippen molar-refractivity contribution in [1.82, 2.24) is 0 Å². The zero-order valence-electron chi connectivity index (χ0n) is 7.64. The van der Waals surface area contributed by atoms with Crippen molar-refractivity contribution in [3.63, 3.8) is 0 Å². The molecule has 1 radical (unpaired) electrons. The van der Waals surface area contributed by atoms with Gasteiger partial charge in [-0.1, -0.05) is 13.8 Å². The quantitative estimate of drug-likeness (QED) is 0.540. The number of hydrogen-bond donors (Lipinski definition) is 0. The minimum atomic E-state index is 0. The Morgan fingerprint density at radius 3 is 2.42 bits per heavy atom. The van der Waals surface area contributed by atoms with E-state index in [2.05, 4.69) is 6.07 Å². The first-order chi connectivity index (χ1) is 5.11. The van der Waals surface area contributed by atoms with Crippen LogP contribution in [0.3, 0.4) is 0 Å². The predicted octanol–water partition coefficient (Wildman–Crippen LogP) is 2.30. The first-order valence-electron chi connectivity index (χ1n) is 3.61. The third-order valence-corrected chi connectivity index (χ3v) is 1.63. The SMILES string of the molecule is CC(=O)c1[c-]cc(C)cc1C.[Y]. The van der Waals surface area contributed by atoms with Crippen LogP contribution in [0.4, 0.5) is 0 Å². The molecule has 61 valence electrons. The number of carbonyl (C=O) groups is 1. The summed E-state index contributed by atoms with van der Waals surface area (Å²) in [6.07, 6.45) is 0. The first kappa shape index (κ1) is 12.0. The van der Waals surface area contributed by atoms with E-state index >= 15 is 0 Å². The van der Waals surface area contributed by atoms with Gasteiger partial charge in [0.05, 0.1) is 5.78 Å². The normalized spacial score (nSPS) is 8.92. The maximum absolute atomic E-state index is 10.9. The van der Waals surface area contributed by atoms with E-state index in [0.717, 1.165) is 11.1 Å². The van der Waals surface area contributed by atoms with E-state index < -0.39 is 0 Å². The molecule has 0 spiro atoms. The van der Waals surface area contributed by atoms with Gasteiger partial charge in [0.15, 0.2) is 0 Å². The van der Waals surface area contributed by atoms with Crippen LogP contribution in [0, 0.1) is 19.9 Å². The maximum Gasteiger partial charge on any atom is 0.0758 e. The number of aryl methyl sites for hydroxylation is 2. The standard InChI is InChI=1S/C10H11O.Y/c1-7-4-5-10(9(3)11)8(2)6-7;/h4,6H,1-3H3;/q-1;. The van der Waals surface area contributed by atoms with Crippen LogP contribution in [0.1, 0.15) is 28.4 Å². The Hall–Kier alpha value is -0.00610. The molecule has 0 aromatic heterocycles. The molecule has 0 aliphatic heterocycles. The smallest absolute Gasteiger partial charge is 0.0758 e. The summed E-state index contributed by atoms with van der Waals surface area (Å²) in [5.74, 6) is 0.0856. The molecule has 0 saturated heterocycles. The molecule has 2 heteroatoms. The van der Waals surface area contributed by atoms with Gasteiger partial charge in [-0.3, -0.25) is 0 Å². The Labute approximate surface area is 98.4 Å². The third kappa shape index (κ3) is 2.80. The number of carbonyl (C=O) groups excluding carboxylic acids is 1. The van der Waals surface area contributed by atoms with Gasteiger partial charge in [0.25, 0.3) is 0 Å². The van der Waals surface area contributed by atoms with E-state index in [4.69, 9.17) is 0 Å². The van der Waals surface area contributed by atoms with Gasteiger partial charge in [-0.2, -0.15) is 0 Å². The summed E-state index contributed by atoms with van der Waals surface area (Å²) in [4.78, 5) is 10.9. The molecule has 1 nitrogen and oxygen atoms in total.